The van der Waals surface area contributed by atoms with Crippen LogP contribution in [0.1, 0.15) is 35.9 Å². The van der Waals surface area contributed by atoms with Gasteiger partial charge in [-0.3, -0.25) is 9.69 Å². The zero-order valence-electron chi connectivity index (χ0n) is 13.4. The zero-order chi connectivity index (χ0) is 16.2. The number of rotatable bonds is 7. The number of imidazole rings is 1. The second-order valence-electron chi connectivity index (χ2n) is 6.57. The van der Waals surface area contributed by atoms with Crippen LogP contribution in [0, 0.1) is 5.41 Å². The fourth-order valence-electron chi connectivity index (χ4n) is 2.72. The molecular formula is C15H26N4O3. The summed E-state index contributed by atoms with van der Waals surface area (Å²) in [6.07, 6.45) is 1.44. The minimum atomic E-state index is -0.120. The third-order valence-electron chi connectivity index (χ3n) is 3.92. The first-order valence-corrected chi connectivity index (χ1v) is 7.75. The van der Waals surface area contributed by atoms with E-state index in [1.54, 1.807) is 0 Å². The minimum Gasteiger partial charge on any atom is -0.395 e. The molecule has 1 amide bonds. The minimum absolute atomic E-state index is 0.00449. The van der Waals surface area contributed by atoms with E-state index in [9.17, 15) is 4.79 Å². The van der Waals surface area contributed by atoms with Gasteiger partial charge in [0.2, 0.25) is 0 Å². The fraction of sp³-hybridized carbons (Fsp3) is 0.733. The van der Waals surface area contributed by atoms with Crippen molar-refractivity contribution in [2.75, 3.05) is 39.4 Å². The largest absolute Gasteiger partial charge is 0.395 e. The normalized spacial score (nSPS) is 17.2. The fourth-order valence-corrected chi connectivity index (χ4v) is 2.72. The first-order chi connectivity index (χ1) is 10.4. The van der Waals surface area contributed by atoms with Gasteiger partial charge in [-0.25, -0.2) is 4.98 Å². The van der Waals surface area contributed by atoms with Crippen molar-refractivity contribution in [1.82, 2.24) is 20.2 Å². The lowest BCUT2D eigenvalue weighted by atomic mass is 9.88. The van der Waals surface area contributed by atoms with Gasteiger partial charge in [-0.2, -0.15) is 0 Å². The molecule has 0 bridgehead atoms. The summed E-state index contributed by atoms with van der Waals surface area (Å²) in [4.78, 5) is 21.8. The third kappa shape index (κ3) is 4.28. The van der Waals surface area contributed by atoms with Crippen LogP contribution in [-0.2, 0) is 12.8 Å². The van der Waals surface area contributed by atoms with Gasteiger partial charge >= 0.3 is 0 Å². The highest BCUT2D eigenvalue weighted by Gasteiger charge is 2.29. The highest BCUT2D eigenvalue weighted by molar-refractivity contribution is 5.93. The SMILES string of the molecule is CC1(C)CNC(=O)c2nc(CCN(CCO)CCO)[nH]c2C1. The Kier molecular flexibility index (Phi) is 5.55. The van der Waals surface area contributed by atoms with Gasteiger partial charge in [0.1, 0.15) is 11.5 Å². The molecule has 1 aromatic heterocycles. The number of aliphatic hydroxyl groups excluding tert-OH is 2. The second kappa shape index (κ2) is 7.21. The van der Waals surface area contributed by atoms with Crippen LogP contribution < -0.4 is 5.32 Å². The summed E-state index contributed by atoms with van der Waals surface area (Å²) in [5.74, 6) is 0.657. The molecule has 124 valence electrons. The highest BCUT2D eigenvalue weighted by atomic mass is 16.3. The van der Waals surface area contributed by atoms with Gasteiger partial charge in [-0.15, -0.1) is 0 Å². The molecule has 0 atom stereocenters. The first-order valence-electron chi connectivity index (χ1n) is 7.75. The van der Waals surface area contributed by atoms with Crippen molar-refractivity contribution in [3.63, 3.8) is 0 Å². The molecule has 0 radical (unpaired) electrons. The monoisotopic (exact) mass is 310 g/mol. The standard InChI is InChI=1S/C15H26N4O3/c1-15(2)9-11-13(14(22)16-10-15)18-12(17-11)3-4-19(5-7-20)6-8-21/h20-21H,3-10H2,1-2H3,(H,16,22)(H,17,18). The van der Waals surface area contributed by atoms with Crippen LogP contribution in [0.4, 0.5) is 0 Å². The summed E-state index contributed by atoms with van der Waals surface area (Å²) in [5, 5.41) is 20.9. The smallest absolute Gasteiger partial charge is 0.271 e. The number of amides is 1. The van der Waals surface area contributed by atoms with Gasteiger partial charge < -0.3 is 20.5 Å². The Balaban J connectivity index is 2.05. The Morgan fingerprint density at radius 3 is 2.55 bits per heavy atom. The zero-order valence-corrected chi connectivity index (χ0v) is 13.4. The van der Waals surface area contributed by atoms with Crippen LogP contribution in [0.25, 0.3) is 0 Å². The van der Waals surface area contributed by atoms with Crippen molar-refractivity contribution in [2.45, 2.75) is 26.7 Å². The molecule has 4 N–H and O–H groups in total. The van der Waals surface area contributed by atoms with E-state index in [1.165, 1.54) is 0 Å². The van der Waals surface area contributed by atoms with E-state index in [0.29, 0.717) is 38.3 Å². The lowest BCUT2D eigenvalue weighted by Gasteiger charge is -2.21. The van der Waals surface area contributed by atoms with Crippen LogP contribution in [0.5, 0.6) is 0 Å². The van der Waals surface area contributed by atoms with Gasteiger partial charge in [-0.1, -0.05) is 13.8 Å². The summed E-state index contributed by atoms with van der Waals surface area (Å²) in [6.45, 7) is 6.73. The number of hydrogen-bond acceptors (Lipinski definition) is 5. The molecule has 0 fully saturated rings. The quantitative estimate of drug-likeness (QED) is 0.546. The number of hydrogen-bond donors (Lipinski definition) is 4. The molecule has 7 heteroatoms. The van der Waals surface area contributed by atoms with Gasteiger partial charge in [0.25, 0.3) is 5.91 Å². The van der Waals surface area contributed by atoms with Crippen molar-refractivity contribution in [3.8, 4) is 0 Å². The third-order valence-corrected chi connectivity index (χ3v) is 3.92. The number of aliphatic hydroxyl groups is 2. The number of H-pyrrole nitrogens is 1. The van der Waals surface area contributed by atoms with Crippen molar-refractivity contribution in [2.24, 2.45) is 5.41 Å². The summed E-state index contributed by atoms with van der Waals surface area (Å²) in [6, 6.07) is 0. The summed E-state index contributed by atoms with van der Waals surface area (Å²) >= 11 is 0. The molecule has 0 spiro atoms. The highest BCUT2D eigenvalue weighted by Crippen LogP contribution is 2.25. The van der Waals surface area contributed by atoms with E-state index >= 15 is 0 Å². The average molecular weight is 310 g/mol. The van der Waals surface area contributed by atoms with Crippen LogP contribution in [0.2, 0.25) is 0 Å². The van der Waals surface area contributed by atoms with Crippen LogP contribution >= 0.6 is 0 Å². The molecule has 0 unspecified atom stereocenters. The maximum absolute atomic E-state index is 12.1. The van der Waals surface area contributed by atoms with E-state index in [2.05, 4.69) is 29.1 Å². The van der Waals surface area contributed by atoms with E-state index in [4.69, 9.17) is 10.2 Å². The molecule has 0 aromatic carbocycles. The molecule has 22 heavy (non-hydrogen) atoms. The average Bonchev–Trinajstić information content (AvgIpc) is 2.80. The Morgan fingerprint density at radius 1 is 1.23 bits per heavy atom. The molecule has 2 heterocycles. The van der Waals surface area contributed by atoms with Crippen molar-refractivity contribution in [3.05, 3.63) is 17.2 Å². The van der Waals surface area contributed by atoms with Gasteiger partial charge in [-0.05, 0) is 11.8 Å². The lowest BCUT2D eigenvalue weighted by molar-refractivity contribution is 0.0940. The van der Waals surface area contributed by atoms with Crippen LogP contribution in [0.15, 0.2) is 0 Å². The summed E-state index contributed by atoms with van der Waals surface area (Å²) < 4.78 is 0. The van der Waals surface area contributed by atoms with E-state index in [0.717, 1.165) is 17.9 Å². The molecule has 1 aliphatic heterocycles. The molecule has 1 aliphatic rings. The Labute approximate surface area is 130 Å². The molecule has 0 saturated carbocycles. The van der Waals surface area contributed by atoms with Crippen molar-refractivity contribution < 1.29 is 15.0 Å². The molecular weight excluding hydrogens is 284 g/mol. The number of nitrogens with one attached hydrogen (secondary N) is 2. The maximum atomic E-state index is 12.1. The lowest BCUT2D eigenvalue weighted by Crippen LogP contribution is -2.32. The predicted molar refractivity (Wildman–Crippen MR) is 82.7 cm³/mol. The molecule has 7 nitrogen and oxygen atoms in total. The van der Waals surface area contributed by atoms with Crippen molar-refractivity contribution >= 4 is 5.91 Å². The van der Waals surface area contributed by atoms with E-state index in [1.807, 2.05) is 4.90 Å². The number of aromatic amines is 1. The Morgan fingerprint density at radius 2 is 1.91 bits per heavy atom. The molecule has 0 aliphatic carbocycles. The molecule has 2 rings (SSSR count). The number of carbonyl (C=O) groups is 1. The van der Waals surface area contributed by atoms with Gasteiger partial charge in [0.15, 0.2) is 0 Å². The number of nitrogens with zero attached hydrogens (tertiary/aromatic N) is 2. The number of carbonyl (C=O) groups excluding carboxylic acids is 1. The maximum Gasteiger partial charge on any atom is 0.271 e. The Bertz CT molecular complexity index is 507. The first kappa shape index (κ1) is 16.9. The van der Waals surface area contributed by atoms with Crippen LogP contribution in [0.3, 0.4) is 0 Å². The number of aromatic nitrogens is 2. The Hall–Kier alpha value is -1.44. The number of fused-ring (bicyclic) bond motifs is 1. The molecule has 0 saturated heterocycles. The summed E-state index contributed by atoms with van der Waals surface area (Å²) in [5.41, 5.74) is 1.40. The summed E-state index contributed by atoms with van der Waals surface area (Å²) in [7, 11) is 0. The molecule has 1 aromatic rings. The van der Waals surface area contributed by atoms with E-state index < -0.39 is 0 Å². The van der Waals surface area contributed by atoms with Gasteiger partial charge in [0.05, 0.1) is 13.2 Å². The van der Waals surface area contributed by atoms with Crippen molar-refractivity contribution in [1.29, 1.82) is 0 Å². The van der Waals surface area contributed by atoms with Gasteiger partial charge in [0, 0.05) is 38.3 Å². The predicted octanol–water partition coefficient (Wildman–Crippen LogP) is -0.449. The topological polar surface area (TPSA) is 101 Å². The van der Waals surface area contributed by atoms with E-state index in [-0.39, 0.29) is 24.5 Å². The van der Waals surface area contributed by atoms with Crippen LogP contribution in [-0.4, -0.2) is 70.4 Å². The second-order valence-corrected chi connectivity index (χ2v) is 6.57.